The highest BCUT2D eigenvalue weighted by atomic mass is 32.2. The number of aromatic nitrogens is 1. The zero-order valence-corrected chi connectivity index (χ0v) is 11.4. The van der Waals surface area contributed by atoms with Crippen LogP contribution in [-0.4, -0.2) is 40.9 Å². The Morgan fingerprint density at radius 2 is 2.30 bits per heavy atom. The number of halogens is 3. The van der Waals surface area contributed by atoms with Crippen LogP contribution in [0.4, 0.5) is 13.2 Å². The number of rotatable bonds is 3. The summed E-state index contributed by atoms with van der Waals surface area (Å²) in [6, 6.07) is 2.84. The fourth-order valence-corrected chi connectivity index (χ4v) is 2.72. The molecule has 8 heteroatoms. The van der Waals surface area contributed by atoms with E-state index in [4.69, 9.17) is 5.73 Å². The third kappa shape index (κ3) is 3.63. The Balaban J connectivity index is 2.18. The van der Waals surface area contributed by atoms with Crippen LogP contribution in [0.1, 0.15) is 16.8 Å². The van der Waals surface area contributed by atoms with Gasteiger partial charge in [0.2, 0.25) is 0 Å². The summed E-state index contributed by atoms with van der Waals surface area (Å²) < 4.78 is 37.4. The first-order valence-corrected chi connectivity index (χ1v) is 6.92. The van der Waals surface area contributed by atoms with Gasteiger partial charge >= 0.3 is 5.51 Å². The topological polar surface area (TPSA) is 59.2 Å². The molecule has 0 saturated carbocycles. The van der Waals surface area contributed by atoms with Crippen molar-refractivity contribution in [2.24, 2.45) is 11.7 Å². The fraction of sp³-hybridized carbons (Fsp3) is 0.500. The Morgan fingerprint density at radius 1 is 1.55 bits per heavy atom. The van der Waals surface area contributed by atoms with Gasteiger partial charge in [0, 0.05) is 31.0 Å². The molecule has 2 N–H and O–H groups in total. The lowest BCUT2D eigenvalue weighted by atomic mass is 10.1. The van der Waals surface area contributed by atoms with Crippen LogP contribution in [-0.2, 0) is 0 Å². The normalized spacial score (nSPS) is 19.4. The second-order valence-corrected chi connectivity index (χ2v) is 5.60. The van der Waals surface area contributed by atoms with Gasteiger partial charge in [-0.3, -0.25) is 4.79 Å². The van der Waals surface area contributed by atoms with Crippen molar-refractivity contribution in [2.75, 3.05) is 19.6 Å². The van der Waals surface area contributed by atoms with Crippen molar-refractivity contribution in [1.29, 1.82) is 0 Å². The van der Waals surface area contributed by atoms with Crippen LogP contribution in [0, 0.1) is 5.92 Å². The Bertz CT molecular complexity index is 495. The third-order valence-electron chi connectivity index (χ3n) is 3.12. The molecule has 1 aromatic rings. The number of nitrogens with two attached hydrogens (primary N) is 1. The molecule has 1 fully saturated rings. The SMILES string of the molecule is NCC1CCN(C(=O)c2cccnc2SC(F)(F)F)C1. The highest BCUT2D eigenvalue weighted by molar-refractivity contribution is 8.00. The van der Waals surface area contributed by atoms with Crippen LogP contribution >= 0.6 is 11.8 Å². The number of alkyl halides is 3. The number of carbonyl (C=O) groups excluding carboxylic acids is 1. The maximum atomic E-state index is 12.5. The first kappa shape index (κ1) is 15.1. The van der Waals surface area contributed by atoms with Crippen LogP contribution < -0.4 is 5.73 Å². The van der Waals surface area contributed by atoms with Crippen molar-refractivity contribution >= 4 is 17.7 Å². The number of thioether (sulfide) groups is 1. The number of likely N-dealkylation sites (tertiary alicyclic amines) is 1. The molecule has 1 saturated heterocycles. The minimum absolute atomic E-state index is 0.00695. The minimum Gasteiger partial charge on any atom is -0.338 e. The average Bonchev–Trinajstić information content (AvgIpc) is 2.85. The molecule has 0 aromatic carbocycles. The molecule has 1 atom stereocenters. The summed E-state index contributed by atoms with van der Waals surface area (Å²) in [7, 11) is 0. The monoisotopic (exact) mass is 305 g/mol. The molecule has 0 radical (unpaired) electrons. The molecule has 1 amide bonds. The maximum Gasteiger partial charge on any atom is 0.447 e. The third-order valence-corrected chi connectivity index (χ3v) is 3.87. The van der Waals surface area contributed by atoms with Crippen LogP contribution in [0.3, 0.4) is 0 Å². The molecule has 2 rings (SSSR count). The van der Waals surface area contributed by atoms with Gasteiger partial charge in [-0.25, -0.2) is 4.98 Å². The number of hydrogen-bond donors (Lipinski definition) is 1. The number of pyridine rings is 1. The van der Waals surface area contributed by atoms with Crippen molar-refractivity contribution in [3.63, 3.8) is 0 Å². The van der Waals surface area contributed by atoms with Gasteiger partial charge < -0.3 is 10.6 Å². The molecule has 1 aliphatic heterocycles. The quantitative estimate of drug-likeness (QED) is 0.869. The van der Waals surface area contributed by atoms with Gasteiger partial charge in [-0.1, -0.05) is 0 Å². The summed E-state index contributed by atoms with van der Waals surface area (Å²) in [5, 5.41) is -0.304. The largest absolute Gasteiger partial charge is 0.447 e. The van der Waals surface area contributed by atoms with Gasteiger partial charge in [0.15, 0.2) is 0 Å². The Morgan fingerprint density at radius 3 is 2.90 bits per heavy atom. The Labute approximate surface area is 118 Å². The molecule has 1 unspecified atom stereocenters. The molecular weight excluding hydrogens is 291 g/mol. The molecule has 1 aromatic heterocycles. The van der Waals surface area contributed by atoms with E-state index in [0.29, 0.717) is 19.6 Å². The summed E-state index contributed by atoms with van der Waals surface area (Å²) in [6.07, 6.45) is 2.03. The molecule has 1 aliphatic rings. The first-order chi connectivity index (χ1) is 9.40. The van der Waals surface area contributed by atoms with Crippen LogP contribution in [0.25, 0.3) is 0 Å². The van der Waals surface area contributed by atoms with Gasteiger partial charge in [-0.05, 0) is 31.0 Å². The van der Waals surface area contributed by atoms with Crippen molar-refractivity contribution in [3.8, 4) is 0 Å². The van der Waals surface area contributed by atoms with E-state index in [1.54, 1.807) is 0 Å². The predicted octanol–water partition coefficient (Wildman–Crippen LogP) is 2.11. The molecule has 110 valence electrons. The lowest BCUT2D eigenvalue weighted by Gasteiger charge is -2.18. The first-order valence-electron chi connectivity index (χ1n) is 6.11. The highest BCUT2D eigenvalue weighted by Gasteiger charge is 2.34. The van der Waals surface area contributed by atoms with Crippen molar-refractivity contribution in [2.45, 2.75) is 17.0 Å². The van der Waals surface area contributed by atoms with E-state index in [2.05, 4.69) is 4.98 Å². The summed E-state index contributed by atoms with van der Waals surface area (Å²) in [4.78, 5) is 17.5. The summed E-state index contributed by atoms with van der Waals surface area (Å²) in [6.45, 7) is 1.48. The van der Waals surface area contributed by atoms with Gasteiger partial charge in [0.05, 0.1) is 5.56 Å². The maximum absolute atomic E-state index is 12.5. The van der Waals surface area contributed by atoms with Gasteiger partial charge in [0.1, 0.15) is 5.03 Å². The smallest absolute Gasteiger partial charge is 0.338 e. The van der Waals surface area contributed by atoms with Crippen molar-refractivity contribution in [1.82, 2.24) is 9.88 Å². The Hall–Kier alpha value is -1.28. The molecule has 0 bridgehead atoms. The zero-order chi connectivity index (χ0) is 14.8. The number of amides is 1. The predicted molar refractivity (Wildman–Crippen MR) is 69.2 cm³/mol. The Kier molecular flexibility index (Phi) is 4.54. The summed E-state index contributed by atoms with van der Waals surface area (Å²) >= 11 is -0.362. The molecular formula is C12H14F3N3OS. The van der Waals surface area contributed by atoms with Crippen LogP contribution in [0.2, 0.25) is 0 Å². The van der Waals surface area contributed by atoms with E-state index in [-0.39, 0.29) is 28.3 Å². The zero-order valence-electron chi connectivity index (χ0n) is 10.6. The number of carbonyl (C=O) groups is 1. The molecule has 2 heterocycles. The number of nitrogens with zero attached hydrogens (tertiary/aromatic N) is 2. The lowest BCUT2D eigenvalue weighted by molar-refractivity contribution is -0.0329. The highest BCUT2D eigenvalue weighted by Crippen LogP contribution is 2.37. The van der Waals surface area contributed by atoms with E-state index in [1.165, 1.54) is 23.2 Å². The van der Waals surface area contributed by atoms with Gasteiger partial charge in [-0.15, -0.1) is 0 Å². The standard InChI is InChI=1S/C12H14F3N3OS/c13-12(14,15)20-10-9(2-1-4-17-10)11(19)18-5-3-8(6-16)7-18/h1-2,4,8H,3,5-7,16H2. The minimum atomic E-state index is -4.46. The lowest BCUT2D eigenvalue weighted by Crippen LogP contribution is -2.30. The molecule has 20 heavy (non-hydrogen) atoms. The van der Waals surface area contributed by atoms with E-state index in [1.807, 2.05) is 0 Å². The van der Waals surface area contributed by atoms with E-state index in [0.717, 1.165) is 6.42 Å². The van der Waals surface area contributed by atoms with Crippen molar-refractivity contribution < 1.29 is 18.0 Å². The number of hydrogen-bond acceptors (Lipinski definition) is 4. The summed E-state index contributed by atoms with van der Waals surface area (Å²) in [5.74, 6) is -0.199. The van der Waals surface area contributed by atoms with Gasteiger partial charge in [0.25, 0.3) is 5.91 Å². The molecule has 0 aliphatic carbocycles. The second kappa shape index (κ2) is 6.01. The summed E-state index contributed by atoms with van der Waals surface area (Å²) in [5.41, 5.74) is 1.07. The van der Waals surface area contributed by atoms with Gasteiger partial charge in [-0.2, -0.15) is 13.2 Å². The van der Waals surface area contributed by atoms with E-state index in [9.17, 15) is 18.0 Å². The average molecular weight is 305 g/mol. The second-order valence-electron chi connectivity index (χ2n) is 4.55. The van der Waals surface area contributed by atoms with Crippen molar-refractivity contribution in [3.05, 3.63) is 23.9 Å². The van der Waals surface area contributed by atoms with Crippen LogP contribution in [0.15, 0.2) is 23.4 Å². The van der Waals surface area contributed by atoms with E-state index >= 15 is 0 Å². The fourth-order valence-electron chi connectivity index (χ4n) is 2.12. The molecule has 4 nitrogen and oxygen atoms in total. The molecule has 0 spiro atoms. The van der Waals surface area contributed by atoms with E-state index < -0.39 is 11.4 Å². The van der Waals surface area contributed by atoms with Crippen LogP contribution in [0.5, 0.6) is 0 Å².